The third-order valence-electron chi connectivity index (χ3n) is 10.2. The van der Waals surface area contributed by atoms with Crippen molar-refractivity contribution in [3.8, 4) is 0 Å². The highest BCUT2D eigenvalue weighted by Gasteiger charge is 2.80. The van der Waals surface area contributed by atoms with Gasteiger partial charge in [-0.1, -0.05) is 43.7 Å². The van der Waals surface area contributed by atoms with Gasteiger partial charge in [0.05, 0.1) is 12.0 Å². The monoisotopic (exact) mass is 596 g/mol. The summed E-state index contributed by atoms with van der Waals surface area (Å²) in [4.78, 5) is 50.1. The number of hydrogen-bond acceptors (Lipinski definition) is 10. The normalized spacial score (nSPS) is 36.4. The first-order chi connectivity index (χ1) is 20.3. The van der Waals surface area contributed by atoms with Crippen molar-refractivity contribution in [3.63, 3.8) is 0 Å². The summed E-state index contributed by atoms with van der Waals surface area (Å²) in [5, 5.41) is 12.5. The number of esters is 4. The molecule has 7 atom stereocenters. The first-order valence-electron chi connectivity index (χ1n) is 14.8. The molecule has 0 unspecified atom stereocenters. The molecule has 5 rings (SSSR count). The first kappa shape index (κ1) is 30.9. The second-order valence-electron chi connectivity index (χ2n) is 12.7. The molecule has 0 bridgehead atoms. The molecule has 4 aliphatic rings. The summed E-state index contributed by atoms with van der Waals surface area (Å²) in [6.07, 6.45) is 4.73. The molecule has 1 saturated heterocycles. The molecule has 0 amide bonds. The lowest BCUT2D eigenvalue weighted by Gasteiger charge is -2.67. The van der Waals surface area contributed by atoms with E-state index >= 15 is 0 Å². The fourth-order valence-corrected chi connectivity index (χ4v) is 7.84. The Balaban J connectivity index is 1.62. The highest BCUT2D eigenvalue weighted by Crippen LogP contribution is 2.70. The molecule has 0 radical (unpaired) electrons. The molecule has 232 valence electrons. The Labute approximate surface area is 251 Å². The number of carbonyl (C=O) groups excluding carboxylic acids is 4. The van der Waals surface area contributed by atoms with E-state index in [0.717, 1.165) is 17.6 Å². The van der Waals surface area contributed by atoms with Gasteiger partial charge >= 0.3 is 23.9 Å². The fraction of sp³-hybridized carbons (Fsp3) is 0.576. The standard InChI is InChI=1S/C33H40O10/c1-21(34)40-20-33-25(11-8-15-32(33)19-41-32)30(3,16-14-24-17-27(37)39-18-24)31(4,38)28(42-22(2)35)29(33)43-26(36)13-12-23-9-6-5-7-10-23/h5-7,9-10,12-13,17,25,28-29,38H,8,11,14-16,18-20H2,1-4H3/b13-12+/t25-,28+,29+,30-,31+,32+,33+/m1/s1. The summed E-state index contributed by atoms with van der Waals surface area (Å²) in [5.41, 5.74) is -3.03. The molecule has 2 aliphatic heterocycles. The third-order valence-corrected chi connectivity index (χ3v) is 10.2. The number of benzene rings is 1. The first-order valence-corrected chi connectivity index (χ1v) is 14.8. The SMILES string of the molecule is CC(=O)OC[C@@]12[C@@H](OC(=O)/C=C/c3ccccc3)[C@H](OC(C)=O)[C@](C)(O)[C@](C)(CCC3=CC(=O)OC3)[C@H]1CCC[C@]21CO1. The molecule has 43 heavy (non-hydrogen) atoms. The maximum Gasteiger partial charge on any atom is 0.331 e. The molecule has 10 heteroatoms. The van der Waals surface area contributed by atoms with Gasteiger partial charge in [-0.05, 0) is 55.7 Å². The van der Waals surface area contributed by atoms with E-state index in [0.29, 0.717) is 32.3 Å². The van der Waals surface area contributed by atoms with Crippen molar-refractivity contribution in [2.45, 2.75) is 83.2 Å². The van der Waals surface area contributed by atoms with Crippen molar-refractivity contribution in [1.82, 2.24) is 0 Å². The molecule has 2 aliphatic carbocycles. The molecule has 1 aromatic carbocycles. The van der Waals surface area contributed by atoms with Crippen molar-refractivity contribution in [2.75, 3.05) is 19.8 Å². The molecular formula is C33H40O10. The number of carbonyl (C=O) groups is 4. The summed E-state index contributed by atoms with van der Waals surface area (Å²) >= 11 is 0. The van der Waals surface area contributed by atoms with Gasteiger partial charge in [-0.3, -0.25) is 9.59 Å². The second kappa shape index (κ2) is 11.5. The smallest absolute Gasteiger partial charge is 0.331 e. The average Bonchev–Trinajstić information content (AvgIpc) is 3.62. The van der Waals surface area contributed by atoms with Crippen molar-refractivity contribution in [1.29, 1.82) is 0 Å². The molecule has 1 N–H and O–H groups in total. The molecule has 3 fully saturated rings. The van der Waals surface area contributed by atoms with Gasteiger partial charge in [0.15, 0.2) is 12.2 Å². The summed E-state index contributed by atoms with van der Waals surface area (Å²) in [6.45, 7) is 6.46. The lowest BCUT2D eigenvalue weighted by atomic mass is 9.41. The van der Waals surface area contributed by atoms with E-state index in [4.69, 9.17) is 23.7 Å². The minimum atomic E-state index is -1.70. The lowest BCUT2D eigenvalue weighted by molar-refractivity contribution is -0.311. The average molecular weight is 597 g/mol. The third kappa shape index (κ3) is 5.51. The van der Waals surface area contributed by atoms with E-state index in [1.54, 1.807) is 13.0 Å². The largest absolute Gasteiger partial charge is 0.465 e. The Kier molecular flexibility index (Phi) is 8.30. The topological polar surface area (TPSA) is 138 Å². The number of epoxide rings is 1. The minimum Gasteiger partial charge on any atom is -0.465 e. The molecule has 1 aromatic rings. The van der Waals surface area contributed by atoms with Crippen LogP contribution in [0.3, 0.4) is 0 Å². The molecule has 2 heterocycles. The van der Waals surface area contributed by atoms with Gasteiger partial charge in [0.2, 0.25) is 0 Å². The van der Waals surface area contributed by atoms with Crippen LogP contribution in [0.15, 0.2) is 48.1 Å². The maximum absolute atomic E-state index is 13.5. The van der Waals surface area contributed by atoms with Gasteiger partial charge in [-0.2, -0.15) is 0 Å². The highest BCUT2D eigenvalue weighted by molar-refractivity contribution is 5.87. The lowest BCUT2D eigenvalue weighted by Crippen LogP contribution is -2.77. The molecular weight excluding hydrogens is 556 g/mol. The van der Waals surface area contributed by atoms with E-state index < -0.39 is 58.1 Å². The van der Waals surface area contributed by atoms with E-state index in [1.165, 1.54) is 26.0 Å². The van der Waals surface area contributed by atoms with Gasteiger partial charge in [0.25, 0.3) is 0 Å². The van der Waals surface area contributed by atoms with E-state index in [9.17, 15) is 24.3 Å². The van der Waals surface area contributed by atoms with Crippen molar-refractivity contribution < 1.29 is 48.0 Å². The Morgan fingerprint density at radius 1 is 1.07 bits per heavy atom. The van der Waals surface area contributed by atoms with Gasteiger partial charge < -0.3 is 28.8 Å². The highest BCUT2D eigenvalue weighted by atomic mass is 16.6. The number of ether oxygens (including phenoxy) is 5. The minimum absolute atomic E-state index is 0.152. The van der Waals surface area contributed by atoms with Crippen LogP contribution in [0, 0.1) is 16.7 Å². The summed E-state index contributed by atoms with van der Waals surface area (Å²) in [6, 6.07) is 9.24. The van der Waals surface area contributed by atoms with E-state index in [2.05, 4.69) is 0 Å². The second-order valence-corrected chi connectivity index (χ2v) is 12.7. The van der Waals surface area contributed by atoms with Crippen LogP contribution < -0.4 is 0 Å². The van der Waals surface area contributed by atoms with Gasteiger partial charge in [0, 0.05) is 31.4 Å². The number of rotatable bonds is 9. The molecule has 2 saturated carbocycles. The number of cyclic esters (lactones) is 1. The van der Waals surface area contributed by atoms with E-state index in [1.807, 2.05) is 37.3 Å². The van der Waals surface area contributed by atoms with Crippen LogP contribution in [0.25, 0.3) is 6.08 Å². The van der Waals surface area contributed by atoms with Gasteiger partial charge in [0.1, 0.15) is 24.4 Å². The number of fused-ring (bicyclic) bond motifs is 2. The van der Waals surface area contributed by atoms with Crippen LogP contribution in [-0.2, 0) is 42.9 Å². The molecule has 0 aromatic heterocycles. The van der Waals surface area contributed by atoms with Gasteiger partial charge in [-0.25, -0.2) is 9.59 Å². The summed E-state index contributed by atoms with van der Waals surface area (Å²) in [7, 11) is 0. The zero-order valence-electron chi connectivity index (χ0n) is 25.1. The Hall–Kier alpha value is -3.50. The van der Waals surface area contributed by atoms with Crippen LogP contribution in [-0.4, -0.2) is 72.2 Å². The van der Waals surface area contributed by atoms with Crippen molar-refractivity contribution in [2.24, 2.45) is 16.7 Å². The fourth-order valence-electron chi connectivity index (χ4n) is 7.84. The van der Waals surface area contributed by atoms with Crippen LogP contribution in [0.1, 0.15) is 65.4 Å². The van der Waals surface area contributed by atoms with Crippen molar-refractivity contribution in [3.05, 3.63) is 53.6 Å². The Morgan fingerprint density at radius 3 is 2.40 bits per heavy atom. The van der Waals surface area contributed by atoms with Crippen LogP contribution in [0.4, 0.5) is 0 Å². The van der Waals surface area contributed by atoms with Crippen molar-refractivity contribution >= 4 is 30.0 Å². The maximum atomic E-state index is 13.5. The molecule has 10 nitrogen and oxygen atoms in total. The van der Waals surface area contributed by atoms with Gasteiger partial charge in [-0.15, -0.1) is 0 Å². The Morgan fingerprint density at radius 2 is 1.79 bits per heavy atom. The van der Waals surface area contributed by atoms with Crippen LogP contribution >= 0.6 is 0 Å². The number of hydrogen-bond donors (Lipinski definition) is 1. The predicted octanol–water partition coefficient (Wildman–Crippen LogP) is 3.70. The summed E-state index contributed by atoms with van der Waals surface area (Å²) < 4.78 is 29.1. The van der Waals surface area contributed by atoms with Crippen LogP contribution in [0.5, 0.6) is 0 Å². The summed E-state index contributed by atoms with van der Waals surface area (Å²) in [5.74, 6) is -2.66. The number of aliphatic hydroxyl groups is 1. The molecule has 1 spiro atoms. The van der Waals surface area contributed by atoms with E-state index in [-0.39, 0.29) is 19.1 Å². The Bertz CT molecular complexity index is 1330. The zero-order chi connectivity index (χ0) is 31.0. The zero-order valence-corrected chi connectivity index (χ0v) is 25.1. The van der Waals surface area contributed by atoms with Crippen LogP contribution in [0.2, 0.25) is 0 Å². The quantitative estimate of drug-likeness (QED) is 0.194. The predicted molar refractivity (Wildman–Crippen MR) is 153 cm³/mol.